The molecule has 0 bridgehead atoms. The van der Waals surface area contributed by atoms with E-state index in [-0.39, 0.29) is 31.1 Å². The first-order valence-corrected chi connectivity index (χ1v) is 11.0. The molecule has 0 fully saturated rings. The minimum Gasteiger partial charge on any atom is -0.449 e. The molecule has 184 valence electrons. The van der Waals surface area contributed by atoms with Crippen molar-refractivity contribution < 1.29 is 37.7 Å². The van der Waals surface area contributed by atoms with Crippen molar-refractivity contribution in [3.8, 4) is 16.9 Å². The molecule has 0 aliphatic heterocycles. The van der Waals surface area contributed by atoms with E-state index in [0.29, 0.717) is 0 Å². The zero-order chi connectivity index (χ0) is 25.0. The van der Waals surface area contributed by atoms with Crippen molar-refractivity contribution >= 4 is 6.09 Å². The third-order valence-corrected chi connectivity index (χ3v) is 5.85. The van der Waals surface area contributed by atoms with E-state index >= 15 is 0 Å². The molecule has 3 N–H and O–H groups in total. The van der Waals surface area contributed by atoms with Crippen molar-refractivity contribution in [2.75, 3.05) is 13.2 Å². The first kappa shape index (κ1) is 24.6. The van der Waals surface area contributed by atoms with E-state index in [0.717, 1.165) is 34.4 Å². The summed E-state index contributed by atoms with van der Waals surface area (Å²) in [6.07, 6.45) is -8.37. The Hall–Kier alpha value is -3.56. The number of amides is 1. The van der Waals surface area contributed by atoms with E-state index in [1.54, 1.807) is 0 Å². The van der Waals surface area contributed by atoms with Crippen LogP contribution >= 0.6 is 0 Å². The molecule has 0 saturated carbocycles. The summed E-state index contributed by atoms with van der Waals surface area (Å²) >= 11 is 0. The van der Waals surface area contributed by atoms with Gasteiger partial charge in [-0.1, -0.05) is 60.7 Å². The minimum absolute atomic E-state index is 0.00631. The van der Waals surface area contributed by atoms with E-state index in [4.69, 9.17) is 4.74 Å². The van der Waals surface area contributed by atoms with E-state index in [9.17, 15) is 28.2 Å². The Balaban J connectivity index is 1.27. The van der Waals surface area contributed by atoms with Crippen LogP contribution in [0.15, 0.2) is 72.8 Å². The van der Waals surface area contributed by atoms with Crippen LogP contribution in [0.1, 0.15) is 35.1 Å². The number of carbonyl (C=O) groups excluding carboxylic acids is 1. The van der Waals surface area contributed by atoms with Gasteiger partial charge in [-0.2, -0.15) is 0 Å². The maximum atomic E-state index is 12.4. The lowest BCUT2D eigenvalue weighted by atomic mass is 9.98. The molecule has 1 amide bonds. The second-order valence-corrected chi connectivity index (χ2v) is 8.17. The van der Waals surface area contributed by atoms with Crippen LogP contribution in [0.5, 0.6) is 5.75 Å². The Kier molecular flexibility index (Phi) is 7.28. The molecular weight excluding hydrogens is 463 g/mol. The van der Waals surface area contributed by atoms with Crippen LogP contribution in [-0.2, 0) is 4.74 Å². The van der Waals surface area contributed by atoms with Crippen LogP contribution in [0.3, 0.4) is 0 Å². The van der Waals surface area contributed by atoms with Gasteiger partial charge in [-0.3, -0.25) is 0 Å². The molecule has 35 heavy (non-hydrogen) atoms. The highest BCUT2D eigenvalue weighted by atomic mass is 19.4. The third-order valence-electron chi connectivity index (χ3n) is 5.85. The monoisotopic (exact) mass is 487 g/mol. The van der Waals surface area contributed by atoms with Crippen molar-refractivity contribution in [3.63, 3.8) is 0 Å². The quantitative estimate of drug-likeness (QED) is 0.420. The highest BCUT2D eigenvalue weighted by Gasteiger charge is 2.32. The number of alkyl carbamates (subject to hydrolysis) is 1. The van der Waals surface area contributed by atoms with Gasteiger partial charge in [0, 0.05) is 12.5 Å². The molecule has 0 heterocycles. The van der Waals surface area contributed by atoms with E-state index < -0.39 is 30.4 Å². The fourth-order valence-corrected chi connectivity index (χ4v) is 4.25. The van der Waals surface area contributed by atoms with Crippen molar-refractivity contribution in [1.82, 2.24) is 5.32 Å². The third kappa shape index (κ3) is 5.93. The lowest BCUT2D eigenvalue weighted by molar-refractivity contribution is -0.274. The molecule has 0 radical (unpaired) electrons. The summed E-state index contributed by atoms with van der Waals surface area (Å²) in [7, 11) is 0. The number of hydrogen-bond donors (Lipinski definition) is 3. The maximum Gasteiger partial charge on any atom is 0.573 e. The average Bonchev–Trinajstić information content (AvgIpc) is 3.15. The van der Waals surface area contributed by atoms with Gasteiger partial charge in [0.15, 0.2) is 0 Å². The zero-order valence-electron chi connectivity index (χ0n) is 18.5. The molecule has 2 atom stereocenters. The summed E-state index contributed by atoms with van der Waals surface area (Å²) < 4.78 is 46.4. The Bertz CT molecular complexity index is 1140. The van der Waals surface area contributed by atoms with Gasteiger partial charge in [0.25, 0.3) is 0 Å². The summed E-state index contributed by atoms with van der Waals surface area (Å²) in [5.74, 6) is -0.593. The van der Waals surface area contributed by atoms with Gasteiger partial charge >= 0.3 is 12.5 Å². The number of aliphatic hydroxyl groups excluding tert-OH is 2. The van der Waals surface area contributed by atoms with Crippen molar-refractivity contribution in [2.45, 2.75) is 30.9 Å². The SMILES string of the molecule is O=C(NCCC(O)C(O)c1cccc(OC(F)(F)F)c1)OCC1c2ccccc2-c2ccccc21. The van der Waals surface area contributed by atoms with Crippen molar-refractivity contribution in [1.29, 1.82) is 0 Å². The van der Waals surface area contributed by atoms with E-state index in [1.165, 1.54) is 12.1 Å². The molecule has 0 spiro atoms. The van der Waals surface area contributed by atoms with Crippen molar-refractivity contribution in [3.05, 3.63) is 89.5 Å². The summed E-state index contributed by atoms with van der Waals surface area (Å²) in [5, 5.41) is 23.0. The Morgan fingerprint density at radius 3 is 2.20 bits per heavy atom. The smallest absolute Gasteiger partial charge is 0.449 e. The van der Waals surface area contributed by atoms with Crippen LogP contribution in [0.4, 0.5) is 18.0 Å². The second kappa shape index (κ2) is 10.4. The normalized spacial score (nSPS) is 14.5. The average molecular weight is 487 g/mol. The largest absolute Gasteiger partial charge is 0.573 e. The number of alkyl halides is 3. The number of fused-ring (bicyclic) bond motifs is 3. The number of hydrogen-bond acceptors (Lipinski definition) is 5. The molecule has 2 unspecified atom stereocenters. The predicted octanol–water partition coefficient (Wildman–Crippen LogP) is 4.91. The van der Waals surface area contributed by atoms with E-state index in [1.807, 2.05) is 48.5 Å². The van der Waals surface area contributed by atoms with Gasteiger partial charge in [0.1, 0.15) is 18.5 Å². The molecule has 3 aromatic rings. The molecule has 0 saturated heterocycles. The minimum atomic E-state index is -4.87. The van der Waals surface area contributed by atoms with Crippen molar-refractivity contribution in [2.24, 2.45) is 0 Å². The molecule has 3 aromatic carbocycles. The van der Waals surface area contributed by atoms with Gasteiger partial charge < -0.3 is 25.0 Å². The first-order chi connectivity index (χ1) is 16.7. The zero-order valence-corrected chi connectivity index (χ0v) is 18.5. The Morgan fingerprint density at radius 2 is 1.57 bits per heavy atom. The number of nitrogens with one attached hydrogen (secondary N) is 1. The molecule has 1 aliphatic carbocycles. The highest BCUT2D eigenvalue weighted by molar-refractivity contribution is 5.79. The second-order valence-electron chi connectivity index (χ2n) is 8.17. The summed E-state index contributed by atoms with van der Waals surface area (Å²) in [6, 6.07) is 20.6. The fourth-order valence-electron chi connectivity index (χ4n) is 4.25. The standard InChI is InChI=1S/C26H24F3NO5/c27-26(28,29)35-17-7-5-6-16(14-17)24(32)23(31)12-13-30-25(33)34-15-22-20-10-3-1-8-18(20)19-9-2-4-11-21(19)22/h1-11,14,22-24,31-32H,12-13,15H2,(H,30,33). The van der Waals surface area contributed by atoms with Crippen LogP contribution in [-0.4, -0.2) is 41.9 Å². The molecule has 6 nitrogen and oxygen atoms in total. The lowest BCUT2D eigenvalue weighted by Gasteiger charge is -2.19. The maximum absolute atomic E-state index is 12.4. The van der Waals surface area contributed by atoms with Crippen LogP contribution in [0, 0.1) is 0 Å². The number of carbonyl (C=O) groups is 1. The Morgan fingerprint density at radius 1 is 0.943 bits per heavy atom. The number of ether oxygens (including phenoxy) is 2. The van der Waals surface area contributed by atoms with E-state index in [2.05, 4.69) is 10.1 Å². The summed E-state index contributed by atoms with van der Waals surface area (Å²) in [5.41, 5.74) is 4.44. The number of benzene rings is 3. The molecule has 1 aliphatic rings. The van der Waals surface area contributed by atoms with Crippen LogP contribution in [0.25, 0.3) is 11.1 Å². The molecular formula is C26H24F3NO5. The lowest BCUT2D eigenvalue weighted by Crippen LogP contribution is -2.30. The molecule has 0 aromatic heterocycles. The van der Waals surface area contributed by atoms with Gasteiger partial charge in [0.05, 0.1) is 6.10 Å². The first-order valence-electron chi connectivity index (χ1n) is 11.0. The fraction of sp³-hybridized carbons (Fsp3) is 0.269. The van der Waals surface area contributed by atoms with Gasteiger partial charge in [0.2, 0.25) is 0 Å². The van der Waals surface area contributed by atoms with Crippen LogP contribution < -0.4 is 10.1 Å². The predicted molar refractivity (Wildman–Crippen MR) is 122 cm³/mol. The van der Waals surface area contributed by atoms with Crippen LogP contribution in [0.2, 0.25) is 0 Å². The molecule has 9 heteroatoms. The van der Waals surface area contributed by atoms with Gasteiger partial charge in [-0.15, -0.1) is 13.2 Å². The summed E-state index contributed by atoms with van der Waals surface area (Å²) in [6.45, 7) is 0.130. The molecule has 4 rings (SSSR count). The van der Waals surface area contributed by atoms with Gasteiger partial charge in [-0.05, 0) is 46.4 Å². The van der Waals surface area contributed by atoms with Gasteiger partial charge in [-0.25, -0.2) is 4.79 Å². The highest BCUT2D eigenvalue weighted by Crippen LogP contribution is 2.44. The number of halogens is 3. The summed E-state index contributed by atoms with van der Waals surface area (Å²) in [4.78, 5) is 12.2. The number of aliphatic hydroxyl groups is 2. The topological polar surface area (TPSA) is 88.0 Å². The number of rotatable bonds is 8. The Labute approximate surface area is 199 Å².